The van der Waals surface area contributed by atoms with Crippen LogP contribution >= 0.6 is 0 Å². The van der Waals surface area contributed by atoms with E-state index in [1.165, 1.54) is 18.3 Å². The fraction of sp³-hybridized carbons (Fsp3) is 0.238. The maximum atomic E-state index is 13.3. The van der Waals surface area contributed by atoms with Crippen molar-refractivity contribution in [1.29, 1.82) is 0 Å². The van der Waals surface area contributed by atoms with Gasteiger partial charge in [0, 0.05) is 23.7 Å². The van der Waals surface area contributed by atoms with Gasteiger partial charge in [0.2, 0.25) is 5.43 Å². The van der Waals surface area contributed by atoms with Gasteiger partial charge < -0.3 is 15.0 Å². The Hall–Kier alpha value is -2.99. The van der Waals surface area contributed by atoms with E-state index in [1.807, 2.05) is 6.07 Å². The summed E-state index contributed by atoms with van der Waals surface area (Å²) < 4.78 is 19.0. The molecule has 2 atom stereocenters. The number of rotatable bonds is 4. The number of halogens is 1. The van der Waals surface area contributed by atoms with E-state index in [4.69, 9.17) is 4.74 Å². The van der Waals surface area contributed by atoms with Gasteiger partial charge in [-0.3, -0.25) is 9.59 Å². The molecule has 2 heterocycles. The number of nitrogens with one attached hydrogen (secondary N) is 2. The first kappa shape index (κ1) is 17.4. The number of carbonyl (C=O) groups excluding carboxylic acids is 1. The average Bonchev–Trinajstić information content (AvgIpc) is 3.22. The molecule has 0 spiro atoms. The number of amides is 1. The Labute approximate surface area is 155 Å². The van der Waals surface area contributed by atoms with Gasteiger partial charge in [-0.25, -0.2) is 4.39 Å². The zero-order valence-corrected chi connectivity index (χ0v) is 14.6. The lowest BCUT2D eigenvalue weighted by Crippen LogP contribution is -2.38. The number of hydrogen-bond acceptors (Lipinski definition) is 3. The first-order valence-electron chi connectivity index (χ1n) is 8.92. The summed E-state index contributed by atoms with van der Waals surface area (Å²) in [7, 11) is 0. The van der Waals surface area contributed by atoms with Crippen LogP contribution < -0.4 is 10.7 Å². The van der Waals surface area contributed by atoms with E-state index in [-0.39, 0.29) is 22.9 Å². The lowest BCUT2D eigenvalue weighted by molar-refractivity contribution is 0.0671. The topological polar surface area (TPSA) is 71.2 Å². The highest BCUT2D eigenvalue weighted by Crippen LogP contribution is 2.27. The molecule has 2 N–H and O–H groups in total. The third-order valence-electron chi connectivity index (χ3n) is 4.89. The fourth-order valence-electron chi connectivity index (χ4n) is 3.48. The van der Waals surface area contributed by atoms with Crippen molar-refractivity contribution in [3.8, 4) is 0 Å². The van der Waals surface area contributed by atoms with Crippen LogP contribution in [0.4, 0.5) is 4.39 Å². The molecule has 1 fully saturated rings. The summed E-state index contributed by atoms with van der Waals surface area (Å²) >= 11 is 0. The molecule has 0 unspecified atom stereocenters. The molecule has 138 valence electrons. The third kappa shape index (κ3) is 3.48. The Kier molecular flexibility index (Phi) is 4.73. The molecule has 1 amide bonds. The van der Waals surface area contributed by atoms with Crippen LogP contribution in [0.1, 0.15) is 34.8 Å². The van der Waals surface area contributed by atoms with Gasteiger partial charge in [-0.1, -0.05) is 24.3 Å². The Morgan fingerprint density at radius 1 is 1.19 bits per heavy atom. The van der Waals surface area contributed by atoms with Crippen molar-refractivity contribution in [3.05, 3.63) is 81.9 Å². The molecule has 2 aromatic carbocycles. The van der Waals surface area contributed by atoms with E-state index in [0.717, 1.165) is 18.4 Å². The van der Waals surface area contributed by atoms with Gasteiger partial charge in [0.15, 0.2) is 0 Å². The second kappa shape index (κ2) is 7.32. The number of fused-ring (bicyclic) bond motifs is 1. The molecule has 0 bridgehead atoms. The number of aromatic amines is 1. The second-order valence-corrected chi connectivity index (χ2v) is 6.63. The van der Waals surface area contributed by atoms with E-state index in [9.17, 15) is 14.0 Å². The fourth-order valence-corrected chi connectivity index (χ4v) is 3.48. The largest absolute Gasteiger partial charge is 0.376 e. The van der Waals surface area contributed by atoms with Crippen molar-refractivity contribution in [1.82, 2.24) is 10.3 Å². The Morgan fingerprint density at radius 3 is 2.70 bits per heavy atom. The highest BCUT2D eigenvalue weighted by atomic mass is 19.1. The average molecular weight is 366 g/mol. The number of H-pyrrole nitrogens is 1. The molecule has 1 aromatic heterocycles. The van der Waals surface area contributed by atoms with Crippen LogP contribution in [-0.4, -0.2) is 23.6 Å². The van der Waals surface area contributed by atoms with Crippen molar-refractivity contribution in [3.63, 3.8) is 0 Å². The van der Waals surface area contributed by atoms with Crippen molar-refractivity contribution in [2.75, 3.05) is 6.61 Å². The smallest absolute Gasteiger partial charge is 0.257 e. The quantitative estimate of drug-likeness (QED) is 0.744. The highest BCUT2D eigenvalue weighted by molar-refractivity contribution is 5.97. The SMILES string of the molecule is O=C(N[C@@H](c1ccc(F)cc1)[C@H]1CCCO1)c1c[nH]c2ccccc2c1=O. The molecule has 1 aliphatic heterocycles. The predicted molar refractivity (Wildman–Crippen MR) is 100 cm³/mol. The lowest BCUT2D eigenvalue weighted by atomic mass is 9.98. The standard InChI is InChI=1S/C21H19FN2O3/c22-14-9-7-13(8-10-14)19(18-6-3-11-27-18)24-21(26)16-12-23-17-5-2-1-4-15(17)20(16)25/h1-2,4-5,7-10,12,18-19H,3,6,11H2,(H,23,25)(H,24,26)/t18-,19+/m1/s1. The first-order valence-corrected chi connectivity index (χ1v) is 8.92. The van der Waals surface area contributed by atoms with Crippen molar-refractivity contribution < 1.29 is 13.9 Å². The molecule has 4 rings (SSSR count). The minimum absolute atomic E-state index is 0.0406. The van der Waals surface area contributed by atoms with Gasteiger partial charge in [0.05, 0.1) is 12.1 Å². The van der Waals surface area contributed by atoms with Crippen LogP contribution in [0, 0.1) is 5.82 Å². The predicted octanol–water partition coefficient (Wildman–Crippen LogP) is 3.32. The van der Waals surface area contributed by atoms with Crippen LogP contribution in [0.3, 0.4) is 0 Å². The number of aromatic nitrogens is 1. The van der Waals surface area contributed by atoms with Gasteiger partial charge in [-0.05, 0) is 42.7 Å². The van der Waals surface area contributed by atoms with E-state index in [0.29, 0.717) is 17.5 Å². The highest BCUT2D eigenvalue weighted by Gasteiger charge is 2.29. The number of benzene rings is 2. The normalized spacial score (nSPS) is 17.7. The summed E-state index contributed by atoms with van der Waals surface area (Å²) in [6.07, 6.45) is 2.90. The van der Waals surface area contributed by atoms with E-state index < -0.39 is 11.9 Å². The van der Waals surface area contributed by atoms with Gasteiger partial charge in [-0.15, -0.1) is 0 Å². The van der Waals surface area contributed by atoms with Crippen molar-refractivity contribution in [2.45, 2.75) is 25.0 Å². The zero-order valence-electron chi connectivity index (χ0n) is 14.6. The monoisotopic (exact) mass is 366 g/mol. The van der Waals surface area contributed by atoms with Crippen LogP contribution in [0.2, 0.25) is 0 Å². The number of para-hydroxylation sites is 1. The van der Waals surface area contributed by atoms with Gasteiger partial charge in [-0.2, -0.15) is 0 Å². The minimum atomic E-state index is -0.480. The van der Waals surface area contributed by atoms with E-state index in [1.54, 1.807) is 30.3 Å². The summed E-state index contributed by atoms with van der Waals surface area (Å²) in [4.78, 5) is 28.5. The van der Waals surface area contributed by atoms with Crippen LogP contribution in [0.25, 0.3) is 10.9 Å². The molecule has 1 saturated heterocycles. The summed E-state index contributed by atoms with van der Waals surface area (Å²) in [5.41, 5.74) is 1.13. The number of ether oxygens (including phenoxy) is 1. The molecule has 0 radical (unpaired) electrons. The third-order valence-corrected chi connectivity index (χ3v) is 4.89. The molecule has 1 aliphatic rings. The van der Waals surface area contributed by atoms with Crippen LogP contribution in [-0.2, 0) is 4.74 Å². The summed E-state index contributed by atoms with van der Waals surface area (Å²) in [5.74, 6) is -0.825. The minimum Gasteiger partial charge on any atom is -0.376 e. The van der Waals surface area contributed by atoms with Crippen LogP contribution in [0.15, 0.2) is 59.5 Å². The summed E-state index contributed by atoms with van der Waals surface area (Å²) in [6.45, 7) is 0.620. The molecular weight excluding hydrogens is 347 g/mol. The van der Waals surface area contributed by atoms with Gasteiger partial charge in [0.1, 0.15) is 11.4 Å². The van der Waals surface area contributed by atoms with Crippen LogP contribution in [0.5, 0.6) is 0 Å². The Balaban J connectivity index is 1.66. The van der Waals surface area contributed by atoms with Gasteiger partial charge >= 0.3 is 0 Å². The molecule has 0 saturated carbocycles. The zero-order chi connectivity index (χ0) is 18.8. The Morgan fingerprint density at radius 2 is 1.96 bits per heavy atom. The molecular formula is C21H19FN2O3. The number of carbonyl (C=O) groups is 1. The summed E-state index contributed by atoms with van der Waals surface area (Å²) in [6, 6.07) is 12.6. The van der Waals surface area contributed by atoms with E-state index >= 15 is 0 Å². The maximum absolute atomic E-state index is 13.3. The summed E-state index contributed by atoms with van der Waals surface area (Å²) in [5, 5.41) is 3.37. The van der Waals surface area contributed by atoms with E-state index in [2.05, 4.69) is 10.3 Å². The maximum Gasteiger partial charge on any atom is 0.257 e. The molecule has 27 heavy (non-hydrogen) atoms. The lowest BCUT2D eigenvalue weighted by Gasteiger charge is -2.24. The van der Waals surface area contributed by atoms with Crippen molar-refractivity contribution >= 4 is 16.8 Å². The first-order chi connectivity index (χ1) is 13.1. The van der Waals surface area contributed by atoms with Crippen molar-refractivity contribution in [2.24, 2.45) is 0 Å². The molecule has 5 nitrogen and oxygen atoms in total. The molecule has 6 heteroatoms. The molecule has 3 aromatic rings. The number of hydrogen-bond donors (Lipinski definition) is 2. The Bertz CT molecular complexity index is 1020. The number of pyridine rings is 1. The molecule has 0 aliphatic carbocycles. The second-order valence-electron chi connectivity index (χ2n) is 6.63. The van der Waals surface area contributed by atoms with Gasteiger partial charge in [0.25, 0.3) is 5.91 Å².